The Hall–Kier alpha value is -2.29. The van der Waals surface area contributed by atoms with E-state index in [1.165, 1.54) is 16.7 Å². The molecule has 0 saturated carbocycles. The minimum atomic E-state index is -0.457. The maximum absolute atomic E-state index is 12.5. The van der Waals surface area contributed by atoms with Gasteiger partial charge in [-0.2, -0.15) is 0 Å². The van der Waals surface area contributed by atoms with E-state index in [0.717, 1.165) is 18.6 Å². The Balaban J connectivity index is 1.87. The molecule has 1 amide bonds. The van der Waals surface area contributed by atoms with Crippen molar-refractivity contribution in [3.63, 3.8) is 0 Å². The summed E-state index contributed by atoms with van der Waals surface area (Å²) in [5.41, 5.74) is 3.69. The number of carbonyl (C=O) groups excluding carboxylic acids is 1. The topological polar surface area (TPSA) is 38.3 Å². The summed E-state index contributed by atoms with van der Waals surface area (Å²) in [6.07, 6.45) is 2.05. The number of benzene rings is 2. The van der Waals surface area contributed by atoms with Crippen molar-refractivity contribution in [3.8, 4) is 5.75 Å². The van der Waals surface area contributed by atoms with E-state index in [1.54, 1.807) is 0 Å². The van der Waals surface area contributed by atoms with Gasteiger partial charge in [0, 0.05) is 6.04 Å². The van der Waals surface area contributed by atoms with E-state index in [9.17, 15) is 4.79 Å². The van der Waals surface area contributed by atoms with Gasteiger partial charge in [0.15, 0.2) is 6.10 Å². The van der Waals surface area contributed by atoms with Crippen LogP contribution < -0.4 is 10.1 Å². The highest BCUT2D eigenvalue weighted by molar-refractivity contribution is 5.81. The van der Waals surface area contributed by atoms with E-state index < -0.39 is 6.10 Å². The zero-order valence-corrected chi connectivity index (χ0v) is 15.7. The third kappa shape index (κ3) is 5.93. The third-order valence-corrected chi connectivity index (χ3v) is 4.52. The lowest BCUT2D eigenvalue weighted by molar-refractivity contribution is -0.128. The SMILES string of the molecule is CC[C@@H](Oc1ccc(C)c(C)c1)C(=O)N[C@@H](C)CCc1ccccc1. The maximum Gasteiger partial charge on any atom is 0.261 e. The number of aryl methyl sites for hydroxylation is 3. The van der Waals surface area contributed by atoms with Gasteiger partial charge in [-0.1, -0.05) is 43.3 Å². The van der Waals surface area contributed by atoms with Crippen molar-refractivity contribution in [2.24, 2.45) is 0 Å². The van der Waals surface area contributed by atoms with Gasteiger partial charge < -0.3 is 10.1 Å². The molecule has 2 aromatic carbocycles. The second kappa shape index (κ2) is 9.26. The van der Waals surface area contributed by atoms with Gasteiger partial charge in [0.25, 0.3) is 5.91 Å². The highest BCUT2D eigenvalue weighted by atomic mass is 16.5. The Bertz CT molecular complexity index is 682. The van der Waals surface area contributed by atoms with E-state index >= 15 is 0 Å². The molecule has 0 aliphatic carbocycles. The number of nitrogens with one attached hydrogen (secondary N) is 1. The first kappa shape index (κ1) is 19.0. The average Bonchev–Trinajstić information content (AvgIpc) is 2.61. The van der Waals surface area contributed by atoms with Gasteiger partial charge in [-0.15, -0.1) is 0 Å². The fraction of sp³-hybridized carbons (Fsp3) is 0.409. The lowest BCUT2D eigenvalue weighted by Crippen LogP contribution is -2.42. The summed E-state index contributed by atoms with van der Waals surface area (Å²) >= 11 is 0. The van der Waals surface area contributed by atoms with Crippen LogP contribution in [0.2, 0.25) is 0 Å². The first-order chi connectivity index (χ1) is 12.0. The molecule has 2 atom stereocenters. The molecule has 0 bridgehead atoms. The van der Waals surface area contributed by atoms with Crippen LogP contribution >= 0.6 is 0 Å². The minimum Gasteiger partial charge on any atom is -0.481 e. The molecule has 25 heavy (non-hydrogen) atoms. The molecular weight excluding hydrogens is 310 g/mol. The molecule has 0 aliphatic rings. The highest BCUT2D eigenvalue weighted by Crippen LogP contribution is 2.18. The summed E-state index contributed by atoms with van der Waals surface area (Å²) in [6.45, 7) is 8.13. The van der Waals surface area contributed by atoms with E-state index in [4.69, 9.17) is 4.74 Å². The maximum atomic E-state index is 12.5. The Kier molecular flexibility index (Phi) is 7.05. The van der Waals surface area contributed by atoms with Gasteiger partial charge in [0.05, 0.1) is 0 Å². The molecule has 0 spiro atoms. The van der Waals surface area contributed by atoms with E-state index in [-0.39, 0.29) is 11.9 Å². The normalized spacial score (nSPS) is 13.1. The first-order valence-electron chi connectivity index (χ1n) is 9.07. The Morgan fingerprint density at radius 3 is 2.44 bits per heavy atom. The number of carbonyl (C=O) groups is 1. The second-order valence-electron chi connectivity index (χ2n) is 6.69. The van der Waals surface area contributed by atoms with Crippen molar-refractivity contribution < 1.29 is 9.53 Å². The quantitative estimate of drug-likeness (QED) is 0.763. The van der Waals surface area contributed by atoms with Crippen LogP contribution in [0.1, 0.15) is 43.4 Å². The molecule has 0 heterocycles. The monoisotopic (exact) mass is 339 g/mol. The molecule has 134 valence electrons. The summed E-state index contributed by atoms with van der Waals surface area (Å²) in [5.74, 6) is 0.711. The lowest BCUT2D eigenvalue weighted by Gasteiger charge is -2.21. The van der Waals surface area contributed by atoms with Gasteiger partial charge >= 0.3 is 0 Å². The van der Waals surface area contributed by atoms with Crippen LogP contribution in [-0.2, 0) is 11.2 Å². The number of rotatable bonds is 8. The summed E-state index contributed by atoms with van der Waals surface area (Å²) in [7, 11) is 0. The highest BCUT2D eigenvalue weighted by Gasteiger charge is 2.20. The van der Waals surface area contributed by atoms with Crippen molar-refractivity contribution in [3.05, 3.63) is 65.2 Å². The predicted octanol–water partition coefficient (Wildman–Crippen LogP) is 4.60. The zero-order chi connectivity index (χ0) is 18.2. The molecule has 2 aromatic rings. The minimum absolute atomic E-state index is 0.0405. The molecule has 0 fully saturated rings. The summed E-state index contributed by atoms with van der Waals surface area (Å²) < 4.78 is 5.91. The smallest absolute Gasteiger partial charge is 0.261 e. The lowest BCUT2D eigenvalue weighted by atomic mass is 10.1. The van der Waals surface area contributed by atoms with Crippen LogP contribution in [0.25, 0.3) is 0 Å². The zero-order valence-electron chi connectivity index (χ0n) is 15.7. The van der Waals surface area contributed by atoms with Crippen LogP contribution in [0.3, 0.4) is 0 Å². The molecule has 0 saturated heterocycles. The number of ether oxygens (including phenoxy) is 1. The van der Waals surface area contributed by atoms with E-state index in [1.807, 2.05) is 50.2 Å². The second-order valence-corrected chi connectivity index (χ2v) is 6.69. The van der Waals surface area contributed by atoms with Gasteiger partial charge in [0.2, 0.25) is 0 Å². The van der Waals surface area contributed by atoms with Crippen molar-refractivity contribution in [2.45, 2.75) is 59.1 Å². The number of hydrogen-bond donors (Lipinski definition) is 1. The summed E-state index contributed by atoms with van der Waals surface area (Å²) in [4.78, 5) is 12.5. The molecule has 3 heteroatoms. The molecule has 3 nitrogen and oxygen atoms in total. The standard InChI is InChI=1S/C22H29NO2/c1-5-21(25-20-14-11-16(2)17(3)15-20)22(24)23-18(4)12-13-19-9-7-6-8-10-19/h6-11,14-15,18,21H,5,12-13H2,1-4H3,(H,23,24)/t18-,21+/m0/s1. The molecule has 0 radical (unpaired) electrons. The number of hydrogen-bond acceptors (Lipinski definition) is 2. The van der Waals surface area contributed by atoms with Gasteiger partial charge in [-0.05, 0) is 68.9 Å². The van der Waals surface area contributed by atoms with Crippen LogP contribution in [0.5, 0.6) is 5.75 Å². The van der Waals surface area contributed by atoms with Gasteiger partial charge in [-0.25, -0.2) is 0 Å². The van der Waals surface area contributed by atoms with Crippen molar-refractivity contribution in [1.82, 2.24) is 5.32 Å². The molecule has 0 unspecified atom stereocenters. The van der Waals surface area contributed by atoms with Crippen LogP contribution in [0, 0.1) is 13.8 Å². The Labute approximate surface area is 151 Å². The molecular formula is C22H29NO2. The Morgan fingerprint density at radius 2 is 1.80 bits per heavy atom. The van der Waals surface area contributed by atoms with E-state index in [0.29, 0.717) is 6.42 Å². The summed E-state index contributed by atoms with van der Waals surface area (Å²) in [5, 5.41) is 3.08. The molecule has 0 aromatic heterocycles. The van der Waals surface area contributed by atoms with Crippen molar-refractivity contribution in [2.75, 3.05) is 0 Å². The van der Waals surface area contributed by atoms with Crippen molar-refractivity contribution >= 4 is 5.91 Å². The molecule has 0 aliphatic heterocycles. The van der Waals surface area contributed by atoms with Crippen LogP contribution in [0.15, 0.2) is 48.5 Å². The average molecular weight is 339 g/mol. The van der Waals surface area contributed by atoms with Crippen LogP contribution in [-0.4, -0.2) is 18.1 Å². The van der Waals surface area contributed by atoms with Gasteiger partial charge in [0.1, 0.15) is 5.75 Å². The molecule has 2 rings (SSSR count). The fourth-order valence-corrected chi connectivity index (χ4v) is 2.71. The first-order valence-corrected chi connectivity index (χ1v) is 9.07. The van der Waals surface area contributed by atoms with E-state index in [2.05, 4.69) is 31.3 Å². The van der Waals surface area contributed by atoms with Crippen molar-refractivity contribution in [1.29, 1.82) is 0 Å². The largest absolute Gasteiger partial charge is 0.481 e. The summed E-state index contributed by atoms with van der Waals surface area (Å²) in [6, 6.07) is 16.4. The fourth-order valence-electron chi connectivity index (χ4n) is 2.71. The predicted molar refractivity (Wildman–Crippen MR) is 103 cm³/mol. The Morgan fingerprint density at radius 1 is 1.08 bits per heavy atom. The molecule has 1 N–H and O–H groups in total. The van der Waals surface area contributed by atoms with Crippen LogP contribution in [0.4, 0.5) is 0 Å². The third-order valence-electron chi connectivity index (χ3n) is 4.52. The van der Waals surface area contributed by atoms with Gasteiger partial charge in [-0.3, -0.25) is 4.79 Å². The number of amides is 1.